The van der Waals surface area contributed by atoms with E-state index in [0.29, 0.717) is 42.4 Å². The molecule has 7 nitrogen and oxygen atoms in total. The monoisotopic (exact) mass is 387 g/mol. The van der Waals surface area contributed by atoms with Crippen LogP contribution in [-0.2, 0) is 11.3 Å². The number of aromatic nitrogens is 2. The maximum atomic E-state index is 13.0. The zero-order chi connectivity index (χ0) is 19.5. The average molecular weight is 388 g/mol. The van der Waals surface area contributed by atoms with E-state index >= 15 is 0 Å². The summed E-state index contributed by atoms with van der Waals surface area (Å²) in [5.74, 6) is 1.44. The Morgan fingerprint density at radius 3 is 2.82 bits per heavy atom. The second-order valence-corrected chi connectivity index (χ2v) is 8.60. The minimum absolute atomic E-state index is 0.110. The lowest BCUT2D eigenvalue weighted by molar-refractivity contribution is -0.130. The fourth-order valence-electron chi connectivity index (χ4n) is 5.20. The van der Waals surface area contributed by atoms with Crippen molar-refractivity contribution in [1.29, 1.82) is 0 Å². The number of hydrogen-bond acceptors (Lipinski definition) is 4. The Morgan fingerprint density at radius 1 is 1.21 bits per heavy atom. The summed E-state index contributed by atoms with van der Waals surface area (Å²) in [6.45, 7) is 7.21. The smallest absolute Gasteiger partial charge is 0.272 e. The molecule has 4 heterocycles. The molecule has 0 aliphatic carbocycles. The van der Waals surface area contributed by atoms with Crippen LogP contribution in [0, 0.1) is 11.8 Å². The SMILES string of the molecule is CCn1nccc1C(=O)N1CC2CN[C@H](CCCC(=O)N3CCCC3)C(C2)C1. The van der Waals surface area contributed by atoms with Crippen molar-refractivity contribution in [1.82, 2.24) is 24.9 Å². The largest absolute Gasteiger partial charge is 0.343 e. The van der Waals surface area contributed by atoms with Crippen LogP contribution in [-0.4, -0.2) is 70.2 Å². The molecule has 2 bridgehead atoms. The van der Waals surface area contributed by atoms with Gasteiger partial charge in [0.1, 0.15) is 5.69 Å². The predicted octanol–water partition coefficient (Wildman–Crippen LogP) is 1.75. The lowest BCUT2D eigenvalue weighted by atomic mass is 9.79. The van der Waals surface area contributed by atoms with Crippen LogP contribution < -0.4 is 5.32 Å². The van der Waals surface area contributed by atoms with Crippen LogP contribution in [0.3, 0.4) is 0 Å². The summed E-state index contributed by atoms with van der Waals surface area (Å²) in [4.78, 5) is 29.4. The first-order chi connectivity index (χ1) is 13.7. The Bertz CT molecular complexity index is 697. The molecule has 0 radical (unpaired) electrons. The number of carbonyl (C=O) groups excluding carboxylic acids is 2. The molecule has 2 amide bonds. The second-order valence-electron chi connectivity index (χ2n) is 8.60. The summed E-state index contributed by atoms with van der Waals surface area (Å²) in [5, 5.41) is 7.95. The van der Waals surface area contributed by atoms with Crippen molar-refractivity contribution in [3.8, 4) is 0 Å². The number of nitrogens with one attached hydrogen (secondary N) is 1. The van der Waals surface area contributed by atoms with Gasteiger partial charge < -0.3 is 15.1 Å². The Hall–Kier alpha value is -1.89. The molecule has 0 saturated carbocycles. The van der Waals surface area contributed by atoms with Gasteiger partial charge in [0, 0.05) is 51.4 Å². The van der Waals surface area contributed by atoms with E-state index in [1.165, 1.54) is 6.42 Å². The van der Waals surface area contributed by atoms with Crippen molar-refractivity contribution in [2.45, 2.75) is 58.0 Å². The van der Waals surface area contributed by atoms with Gasteiger partial charge in [0.2, 0.25) is 5.91 Å². The molecule has 1 aromatic rings. The van der Waals surface area contributed by atoms with Gasteiger partial charge in [-0.2, -0.15) is 5.10 Å². The van der Waals surface area contributed by atoms with E-state index in [9.17, 15) is 9.59 Å². The number of aryl methyl sites for hydroxylation is 1. The second kappa shape index (κ2) is 8.64. The number of piperidine rings is 2. The van der Waals surface area contributed by atoms with Gasteiger partial charge in [0.15, 0.2) is 0 Å². The zero-order valence-electron chi connectivity index (χ0n) is 17.0. The maximum Gasteiger partial charge on any atom is 0.272 e. The van der Waals surface area contributed by atoms with Crippen LogP contribution in [0.5, 0.6) is 0 Å². The van der Waals surface area contributed by atoms with E-state index in [0.717, 1.165) is 58.4 Å². The van der Waals surface area contributed by atoms with E-state index in [2.05, 4.69) is 10.4 Å². The molecule has 1 N–H and O–H groups in total. The molecule has 4 rings (SSSR count). The fraction of sp³-hybridized carbons (Fsp3) is 0.762. The van der Waals surface area contributed by atoms with Gasteiger partial charge in [0.25, 0.3) is 5.91 Å². The topological polar surface area (TPSA) is 70.5 Å². The van der Waals surface area contributed by atoms with Gasteiger partial charge >= 0.3 is 0 Å². The van der Waals surface area contributed by atoms with Crippen molar-refractivity contribution >= 4 is 11.8 Å². The fourth-order valence-corrected chi connectivity index (χ4v) is 5.20. The lowest BCUT2D eigenvalue weighted by Gasteiger charge is -2.46. The van der Waals surface area contributed by atoms with Gasteiger partial charge in [0.05, 0.1) is 0 Å². The molecule has 0 spiro atoms. The zero-order valence-corrected chi connectivity index (χ0v) is 17.0. The molecule has 0 aromatic carbocycles. The van der Waals surface area contributed by atoms with Crippen LogP contribution >= 0.6 is 0 Å². The van der Waals surface area contributed by atoms with Crippen LogP contribution in [0.25, 0.3) is 0 Å². The Labute approximate surface area is 167 Å². The molecule has 7 heteroatoms. The third-order valence-electron chi connectivity index (χ3n) is 6.69. The van der Waals surface area contributed by atoms with Gasteiger partial charge in [-0.25, -0.2) is 0 Å². The van der Waals surface area contributed by atoms with Crippen molar-refractivity contribution in [3.63, 3.8) is 0 Å². The first kappa shape index (κ1) is 19.4. The van der Waals surface area contributed by atoms with Crippen LogP contribution in [0.15, 0.2) is 12.3 Å². The molecule has 2 unspecified atom stereocenters. The molecule has 28 heavy (non-hydrogen) atoms. The van der Waals surface area contributed by atoms with Gasteiger partial charge in [-0.3, -0.25) is 14.3 Å². The highest BCUT2D eigenvalue weighted by Crippen LogP contribution is 2.31. The van der Waals surface area contributed by atoms with E-state index < -0.39 is 0 Å². The first-order valence-electron chi connectivity index (χ1n) is 11.0. The molecule has 1 aromatic heterocycles. The summed E-state index contributed by atoms with van der Waals surface area (Å²) in [5.41, 5.74) is 0.697. The molecular weight excluding hydrogens is 354 g/mol. The van der Waals surface area contributed by atoms with Gasteiger partial charge in [-0.15, -0.1) is 0 Å². The number of rotatable bonds is 6. The third kappa shape index (κ3) is 4.09. The van der Waals surface area contributed by atoms with Crippen molar-refractivity contribution in [3.05, 3.63) is 18.0 Å². The summed E-state index contributed by atoms with van der Waals surface area (Å²) in [6, 6.07) is 2.24. The van der Waals surface area contributed by atoms with Crippen LogP contribution in [0.4, 0.5) is 0 Å². The summed E-state index contributed by atoms with van der Waals surface area (Å²) >= 11 is 0. The van der Waals surface area contributed by atoms with E-state index in [1.807, 2.05) is 22.8 Å². The summed E-state index contributed by atoms with van der Waals surface area (Å²) in [6.07, 6.45) is 7.82. The van der Waals surface area contributed by atoms with Crippen molar-refractivity contribution in [2.24, 2.45) is 11.8 Å². The molecule has 3 atom stereocenters. The summed E-state index contributed by atoms with van der Waals surface area (Å²) in [7, 11) is 0. The number of amides is 2. The highest BCUT2D eigenvalue weighted by molar-refractivity contribution is 5.92. The van der Waals surface area contributed by atoms with Crippen LogP contribution in [0.2, 0.25) is 0 Å². The standard InChI is InChI=1S/C21H33N5O2/c1-2-26-19(8-9-23-26)21(28)25-14-16-12-17(15-25)18(22-13-16)6-5-7-20(27)24-10-3-4-11-24/h8-9,16-18,22H,2-7,10-15H2,1H3/t16?,17?,18-/m1/s1. The number of carbonyl (C=O) groups is 2. The molecule has 3 aliphatic rings. The highest BCUT2D eigenvalue weighted by Gasteiger charge is 2.38. The number of fused-ring (bicyclic) bond motifs is 2. The van der Waals surface area contributed by atoms with Crippen molar-refractivity contribution < 1.29 is 9.59 Å². The Balaban J connectivity index is 1.31. The molecular formula is C21H33N5O2. The maximum absolute atomic E-state index is 13.0. The minimum atomic E-state index is 0.110. The highest BCUT2D eigenvalue weighted by atomic mass is 16.2. The van der Waals surface area contributed by atoms with Gasteiger partial charge in [-0.05, 0) is 63.5 Å². The van der Waals surface area contributed by atoms with Crippen LogP contribution in [0.1, 0.15) is 55.9 Å². The Morgan fingerprint density at radius 2 is 2.04 bits per heavy atom. The molecule has 3 saturated heterocycles. The number of nitrogens with zero attached hydrogens (tertiary/aromatic N) is 4. The van der Waals surface area contributed by atoms with E-state index in [1.54, 1.807) is 10.9 Å². The number of likely N-dealkylation sites (tertiary alicyclic amines) is 2. The lowest BCUT2D eigenvalue weighted by Crippen LogP contribution is -2.57. The van der Waals surface area contributed by atoms with E-state index in [4.69, 9.17) is 0 Å². The quantitative estimate of drug-likeness (QED) is 0.807. The number of hydrogen-bond donors (Lipinski definition) is 1. The first-order valence-corrected chi connectivity index (χ1v) is 11.0. The predicted molar refractivity (Wildman–Crippen MR) is 107 cm³/mol. The molecule has 3 aliphatic heterocycles. The van der Waals surface area contributed by atoms with Crippen molar-refractivity contribution in [2.75, 3.05) is 32.7 Å². The normalized spacial score (nSPS) is 27.2. The average Bonchev–Trinajstić information content (AvgIpc) is 3.40. The van der Waals surface area contributed by atoms with E-state index in [-0.39, 0.29) is 5.91 Å². The third-order valence-corrected chi connectivity index (χ3v) is 6.69. The Kier molecular flexibility index (Phi) is 5.99. The minimum Gasteiger partial charge on any atom is -0.343 e. The van der Waals surface area contributed by atoms with Gasteiger partial charge in [-0.1, -0.05) is 0 Å². The molecule has 3 fully saturated rings. The summed E-state index contributed by atoms with van der Waals surface area (Å²) < 4.78 is 1.78. The molecule has 154 valence electrons.